The molecule has 0 bridgehead atoms. The topological polar surface area (TPSA) is 87.5 Å². The Bertz CT molecular complexity index is 918. The summed E-state index contributed by atoms with van der Waals surface area (Å²) >= 11 is 0. The van der Waals surface area contributed by atoms with Gasteiger partial charge in [0.25, 0.3) is 5.78 Å². The number of hydrogen-bond donors (Lipinski definition) is 2. The van der Waals surface area contributed by atoms with Gasteiger partial charge in [0, 0.05) is 31.3 Å². The highest BCUT2D eigenvalue weighted by atomic mass is 16.2. The minimum Gasteiger partial charge on any atom is -0.361 e. The Labute approximate surface area is 157 Å². The van der Waals surface area contributed by atoms with E-state index in [2.05, 4.69) is 25.7 Å². The molecule has 1 amide bonds. The lowest BCUT2D eigenvalue weighted by atomic mass is 10.1. The largest absolute Gasteiger partial charge is 0.361 e. The van der Waals surface area contributed by atoms with Crippen LogP contribution in [0, 0.1) is 0 Å². The number of fused-ring (bicyclic) bond motifs is 1. The Morgan fingerprint density at radius 1 is 1.37 bits per heavy atom. The first-order valence-corrected chi connectivity index (χ1v) is 9.19. The zero-order chi connectivity index (χ0) is 18.6. The monoisotopic (exact) mass is 365 g/mol. The molecule has 1 atom stereocenters. The number of amides is 1. The minimum absolute atomic E-state index is 0.0510. The highest BCUT2D eigenvalue weighted by Gasteiger charge is 2.22. The molecular weight excluding hydrogens is 342 g/mol. The van der Waals surface area contributed by atoms with Crippen LogP contribution >= 0.6 is 0 Å². The predicted molar refractivity (Wildman–Crippen MR) is 103 cm³/mol. The van der Waals surface area contributed by atoms with E-state index < -0.39 is 0 Å². The van der Waals surface area contributed by atoms with Gasteiger partial charge in [-0.15, -0.1) is 0 Å². The molecule has 1 aliphatic heterocycles. The first kappa shape index (κ1) is 17.4. The molecule has 1 fully saturated rings. The van der Waals surface area contributed by atoms with Crippen LogP contribution in [0.15, 0.2) is 42.7 Å². The van der Waals surface area contributed by atoms with Gasteiger partial charge < -0.3 is 15.5 Å². The average Bonchev–Trinajstić information content (AvgIpc) is 3.21. The highest BCUT2D eigenvalue weighted by molar-refractivity contribution is 5.81. The van der Waals surface area contributed by atoms with E-state index in [1.54, 1.807) is 4.52 Å². The van der Waals surface area contributed by atoms with Crippen molar-refractivity contribution in [2.45, 2.75) is 18.9 Å². The number of piperidine rings is 1. The molecule has 8 heteroatoms. The molecule has 1 aromatic carbocycles. The van der Waals surface area contributed by atoms with E-state index in [4.69, 9.17) is 0 Å². The summed E-state index contributed by atoms with van der Waals surface area (Å²) in [4.78, 5) is 23.2. The summed E-state index contributed by atoms with van der Waals surface area (Å²) in [6, 6.07) is 12.0. The second-order valence-corrected chi connectivity index (χ2v) is 6.72. The number of carbonyl (C=O) groups excluding carboxylic acids is 1. The SMILES string of the molecule is CN(C(=O)CNc1cc(-c2ccccc2)nc2ncnn12)C1CCCNC1. The molecule has 8 nitrogen and oxygen atoms in total. The van der Waals surface area contributed by atoms with E-state index >= 15 is 0 Å². The van der Waals surface area contributed by atoms with Crippen LogP contribution in [0.4, 0.5) is 5.82 Å². The van der Waals surface area contributed by atoms with E-state index in [0.29, 0.717) is 11.6 Å². The fourth-order valence-corrected chi connectivity index (χ4v) is 3.35. The van der Waals surface area contributed by atoms with Crippen molar-refractivity contribution in [3.8, 4) is 11.3 Å². The third-order valence-corrected chi connectivity index (χ3v) is 4.95. The standard InChI is InChI=1S/C19H23N7O/c1-25(15-8-5-9-20-11-15)18(27)12-21-17-10-16(14-6-3-2-4-7-14)24-19-22-13-23-26(17)19/h2-4,6-7,10,13,15,20-21H,5,8-9,11-12H2,1H3. The van der Waals surface area contributed by atoms with Crippen LogP contribution in [0.5, 0.6) is 0 Å². The second kappa shape index (κ2) is 7.71. The van der Waals surface area contributed by atoms with Gasteiger partial charge in [-0.25, -0.2) is 4.98 Å². The van der Waals surface area contributed by atoms with Crippen molar-refractivity contribution in [3.63, 3.8) is 0 Å². The number of nitrogens with one attached hydrogen (secondary N) is 2. The summed E-state index contributed by atoms with van der Waals surface area (Å²) in [6.07, 6.45) is 3.60. The number of rotatable bonds is 5. The molecule has 0 radical (unpaired) electrons. The van der Waals surface area contributed by atoms with Crippen LogP contribution in [0.3, 0.4) is 0 Å². The Hall–Kier alpha value is -3.00. The van der Waals surface area contributed by atoms with Crippen molar-refractivity contribution in [1.82, 2.24) is 29.8 Å². The maximum atomic E-state index is 12.6. The maximum Gasteiger partial charge on any atom is 0.254 e. The summed E-state index contributed by atoms with van der Waals surface area (Å²) in [6.45, 7) is 2.07. The molecule has 27 heavy (non-hydrogen) atoms. The van der Waals surface area contributed by atoms with E-state index in [9.17, 15) is 4.79 Å². The van der Waals surface area contributed by atoms with Crippen LogP contribution in [-0.4, -0.2) is 63.1 Å². The summed E-state index contributed by atoms with van der Waals surface area (Å²) in [5, 5.41) is 10.8. The van der Waals surface area contributed by atoms with Crippen LogP contribution in [0.2, 0.25) is 0 Å². The zero-order valence-corrected chi connectivity index (χ0v) is 15.3. The van der Waals surface area contributed by atoms with Crippen molar-refractivity contribution >= 4 is 17.5 Å². The molecule has 0 spiro atoms. The summed E-state index contributed by atoms with van der Waals surface area (Å²) < 4.78 is 1.61. The minimum atomic E-state index is 0.0510. The van der Waals surface area contributed by atoms with Crippen molar-refractivity contribution < 1.29 is 4.79 Å². The van der Waals surface area contributed by atoms with E-state index in [0.717, 1.165) is 37.2 Å². The molecule has 0 aliphatic carbocycles. The van der Waals surface area contributed by atoms with Crippen LogP contribution in [0.25, 0.3) is 17.0 Å². The van der Waals surface area contributed by atoms with Crippen molar-refractivity contribution in [2.24, 2.45) is 0 Å². The Balaban J connectivity index is 1.53. The Morgan fingerprint density at radius 2 is 2.22 bits per heavy atom. The molecular formula is C19H23N7O. The predicted octanol–water partition coefficient (Wildman–Crippen LogP) is 1.41. The quantitative estimate of drug-likeness (QED) is 0.711. The van der Waals surface area contributed by atoms with Gasteiger partial charge in [-0.1, -0.05) is 30.3 Å². The van der Waals surface area contributed by atoms with Gasteiger partial charge in [-0.05, 0) is 19.4 Å². The molecule has 2 N–H and O–H groups in total. The van der Waals surface area contributed by atoms with Crippen LogP contribution < -0.4 is 10.6 Å². The highest BCUT2D eigenvalue weighted by Crippen LogP contribution is 2.21. The molecule has 1 aliphatic rings. The molecule has 140 valence electrons. The number of carbonyl (C=O) groups is 1. The molecule has 4 rings (SSSR count). The van der Waals surface area contributed by atoms with Gasteiger partial charge in [0.2, 0.25) is 5.91 Å². The number of hydrogen-bond acceptors (Lipinski definition) is 6. The van der Waals surface area contributed by atoms with Crippen molar-refractivity contribution in [3.05, 3.63) is 42.7 Å². The normalized spacial score (nSPS) is 17.0. The number of likely N-dealkylation sites (N-methyl/N-ethyl adjacent to an activating group) is 1. The van der Waals surface area contributed by atoms with Gasteiger partial charge in [0.05, 0.1) is 12.2 Å². The van der Waals surface area contributed by atoms with Crippen molar-refractivity contribution in [1.29, 1.82) is 0 Å². The molecule has 1 saturated heterocycles. The van der Waals surface area contributed by atoms with Crippen LogP contribution in [0.1, 0.15) is 12.8 Å². The first-order chi connectivity index (χ1) is 13.2. The number of aromatic nitrogens is 4. The molecule has 3 heterocycles. The second-order valence-electron chi connectivity index (χ2n) is 6.72. The molecule has 0 saturated carbocycles. The van der Waals surface area contributed by atoms with Gasteiger partial charge in [0.1, 0.15) is 12.1 Å². The number of anilines is 1. The molecule has 2 aromatic heterocycles. The third kappa shape index (κ3) is 3.75. The number of nitrogens with zero attached hydrogens (tertiary/aromatic N) is 5. The van der Waals surface area contributed by atoms with Gasteiger partial charge >= 0.3 is 0 Å². The molecule has 3 aromatic rings. The number of benzene rings is 1. The summed E-state index contributed by atoms with van der Waals surface area (Å²) in [5.41, 5.74) is 1.78. The third-order valence-electron chi connectivity index (χ3n) is 4.95. The van der Waals surface area contributed by atoms with Gasteiger partial charge in [0.15, 0.2) is 0 Å². The smallest absolute Gasteiger partial charge is 0.254 e. The Kier molecular flexibility index (Phi) is 4.97. The lowest BCUT2D eigenvalue weighted by molar-refractivity contribution is -0.130. The van der Waals surface area contributed by atoms with Gasteiger partial charge in [-0.2, -0.15) is 14.6 Å². The van der Waals surface area contributed by atoms with E-state index in [1.165, 1.54) is 6.33 Å². The summed E-state index contributed by atoms with van der Waals surface area (Å²) in [5.74, 6) is 1.24. The maximum absolute atomic E-state index is 12.6. The first-order valence-electron chi connectivity index (χ1n) is 9.19. The van der Waals surface area contributed by atoms with Crippen LogP contribution in [-0.2, 0) is 4.79 Å². The lowest BCUT2D eigenvalue weighted by Gasteiger charge is -2.31. The fraction of sp³-hybridized carbons (Fsp3) is 0.368. The molecule has 1 unspecified atom stereocenters. The lowest BCUT2D eigenvalue weighted by Crippen LogP contribution is -2.48. The van der Waals surface area contributed by atoms with E-state index in [-0.39, 0.29) is 18.5 Å². The van der Waals surface area contributed by atoms with E-state index in [1.807, 2.05) is 48.3 Å². The zero-order valence-electron chi connectivity index (χ0n) is 15.3. The van der Waals surface area contributed by atoms with Gasteiger partial charge in [-0.3, -0.25) is 4.79 Å². The fourth-order valence-electron chi connectivity index (χ4n) is 3.35. The summed E-state index contributed by atoms with van der Waals surface area (Å²) in [7, 11) is 1.87. The Morgan fingerprint density at radius 3 is 3.00 bits per heavy atom. The van der Waals surface area contributed by atoms with Crippen molar-refractivity contribution in [2.75, 3.05) is 32.0 Å². The average molecular weight is 365 g/mol.